The molecule has 1 unspecified atom stereocenters. The molecule has 2 aliphatic rings. The van der Waals surface area contributed by atoms with Crippen LogP contribution >= 0.6 is 0 Å². The molecule has 25 heavy (non-hydrogen) atoms. The second-order valence-electron chi connectivity index (χ2n) is 6.94. The maximum atomic E-state index is 13.5. The third-order valence-corrected chi connectivity index (χ3v) is 5.38. The summed E-state index contributed by atoms with van der Waals surface area (Å²) in [4.78, 5) is 12.0. The lowest BCUT2D eigenvalue weighted by Crippen LogP contribution is -2.27. The second-order valence-corrected chi connectivity index (χ2v) is 6.94. The Labute approximate surface area is 143 Å². The Balaban J connectivity index is 1.94. The largest absolute Gasteiger partial charge is 0.420 e. The van der Waals surface area contributed by atoms with E-state index in [1.807, 2.05) is 0 Å². The van der Waals surface area contributed by atoms with Crippen LogP contribution in [0, 0.1) is 5.92 Å². The van der Waals surface area contributed by atoms with Gasteiger partial charge >= 0.3 is 6.18 Å². The first-order chi connectivity index (χ1) is 11.9. The molecule has 1 aromatic heterocycles. The van der Waals surface area contributed by atoms with Crippen molar-refractivity contribution < 1.29 is 18.0 Å². The number of allylic oxidation sites excluding steroid dienone is 2. The molecule has 2 aliphatic carbocycles. The Morgan fingerprint density at radius 1 is 1.32 bits per heavy atom. The Morgan fingerprint density at radius 2 is 2.12 bits per heavy atom. The number of aryl methyl sites for hydroxylation is 1. The molecular formula is C19H19F3N2O. The summed E-state index contributed by atoms with van der Waals surface area (Å²) in [5.74, 6) is -0.992. The van der Waals surface area contributed by atoms with Crippen molar-refractivity contribution in [2.75, 3.05) is 0 Å². The molecule has 0 bridgehead atoms. The smallest absolute Gasteiger partial charge is 0.294 e. The topological polar surface area (TPSA) is 45.8 Å². The van der Waals surface area contributed by atoms with Crippen LogP contribution in [0.25, 0.3) is 16.5 Å². The van der Waals surface area contributed by atoms with Gasteiger partial charge in [0, 0.05) is 11.8 Å². The Kier molecular flexibility index (Phi) is 3.74. The number of unbranched alkanes of at least 4 members (excludes halogenated alkanes) is 1. The summed E-state index contributed by atoms with van der Waals surface area (Å²) in [7, 11) is 0. The van der Waals surface area contributed by atoms with E-state index in [0.717, 1.165) is 41.4 Å². The van der Waals surface area contributed by atoms with Crippen molar-refractivity contribution in [1.82, 2.24) is 10.2 Å². The molecule has 1 heterocycles. The normalized spacial score (nSPS) is 20.3. The molecular weight excluding hydrogens is 329 g/mol. The molecule has 0 spiro atoms. The predicted octanol–water partition coefficient (Wildman–Crippen LogP) is 4.76. The Morgan fingerprint density at radius 3 is 2.84 bits per heavy atom. The summed E-state index contributed by atoms with van der Waals surface area (Å²) in [5, 5.41) is 8.34. The van der Waals surface area contributed by atoms with Crippen molar-refractivity contribution in [2.45, 2.75) is 51.6 Å². The van der Waals surface area contributed by atoms with Crippen molar-refractivity contribution in [2.24, 2.45) is 5.92 Å². The highest BCUT2D eigenvalue weighted by Crippen LogP contribution is 2.50. The van der Waals surface area contributed by atoms with Gasteiger partial charge in [0.2, 0.25) is 0 Å². The highest BCUT2D eigenvalue weighted by molar-refractivity contribution is 6.08. The molecule has 6 heteroatoms. The highest BCUT2D eigenvalue weighted by atomic mass is 19.4. The minimum Gasteiger partial charge on any atom is -0.294 e. The number of rotatable bonds is 3. The van der Waals surface area contributed by atoms with Gasteiger partial charge in [0.1, 0.15) is 5.57 Å². The number of benzene rings is 1. The zero-order valence-corrected chi connectivity index (χ0v) is 14.0. The van der Waals surface area contributed by atoms with Crippen molar-refractivity contribution in [3.05, 3.63) is 34.5 Å². The van der Waals surface area contributed by atoms with E-state index in [9.17, 15) is 18.0 Å². The number of carbonyl (C=O) groups excluding carboxylic acids is 1. The second kappa shape index (κ2) is 5.71. The van der Waals surface area contributed by atoms with Gasteiger partial charge in [-0.05, 0) is 54.4 Å². The third kappa shape index (κ3) is 2.50. The standard InChI is InChI=1S/C19H19F3N2O/c1-2-3-4-13-17-12-9-10-5-8-15(25)18(19(20,21)22)16(10)11(12)6-7-14(17)24-23-13/h6-7,10H,2-5,8-9H2,1H3,(H,23,24). The van der Waals surface area contributed by atoms with E-state index in [4.69, 9.17) is 0 Å². The number of fused-ring (bicyclic) bond motifs is 5. The fourth-order valence-electron chi connectivity index (χ4n) is 4.29. The van der Waals surface area contributed by atoms with E-state index in [1.165, 1.54) is 0 Å². The highest BCUT2D eigenvalue weighted by Gasteiger charge is 2.47. The zero-order valence-electron chi connectivity index (χ0n) is 14.0. The van der Waals surface area contributed by atoms with E-state index in [2.05, 4.69) is 17.1 Å². The average molecular weight is 348 g/mol. The molecule has 1 atom stereocenters. The Hall–Kier alpha value is -2.11. The van der Waals surface area contributed by atoms with Crippen LogP contribution in [0.1, 0.15) is 49.4 Å². The molecule has 0 fully saturated rings. The van der Waals surface area contributed by atoms with E-state index in [1.54, 1.807) is 12.1 Å². The fourth-order valence-corrected chi connectivity index (χ4v) is 4.29. The molecule has 0 saturated carbocycles. The number of alkyl halides is 3. The number of aromatic nitrogens is 2. The van der Waals surface area contributed by atoms with E-state index in [-0.39, 0.29) is 17.9 Å². The molecule has 3 nitrogen and oxygen atoms in total. The zero-order chi connectivity index (χ0) is 17.8. The van der Waals surface area contributed by atoms with Crippen LogP contribution in [0.15, 0.2) is 17.7 Å². The average Bonchev–Trinajstić information content (AvgIpc) is 3.12. The van der Waals surface area contributed by atoms with Crippen LogP contribution < -0.4 is 0 Å². The molecule has 132 valence electrons. The number of ketones is 1. The number of nitrogens with zero attached hydrogens (tertiary/aromatic N) is 1. The van der Waals surface area contributed by atoms with Gasteiger partial charge in [0.25, 0.3) is 0 Å². The number of Topliss-reactive ketones (excluding diaryl/α,β-unsaturated/α-hetero) is 1. The maximum Gasteiger partial charge on any atom is 0.420 e. The van der Waals surface area contributed by atoms with Crippen LogP contribution in [0.5, 0.6) is 0 Å². The SMILES string of the molecule is CCCCc1n[nH]c2ccc3c(c12)CC1CCC(=O)C(C(F)(F)F)=C31. The summed E-state index contributed by atoms with van der Waals surface area (Å²) < 4.78 is 40.6. The monoisotopic (exact) mass is 348 g/mol. The van der Waals surface area contributed by atoms with Crippen LogP contribution in [0.4, 0.5) is 13.2 Å². The molecule has 0 saturated heterocycles. The molecule has 1 N–H and O–H groups in total. The van der Waals surface area contributed by atoms with Gasteiger partial charge in [-0.25, -0.2) is 0 Å². The lowest BCUT2D eigenvalue weighted by Gasteiger charge is -2.24. The van der Waals surface area contributed by atoms with E-state index in [0.29, 0.717) is 18.4 Å². The lowest BCUT2D eigenvalue weighted by molar-refractivity contribution is -0.129. The van der Waals surface area contributed by atoms with Crippen molar-refractivity contribution in [3.63, 3.8) is 0 Å². The third-order valence-electron chi connectivity index (χ3n) is 5.38. The van der Waals surface area contributed by atoms with Gasteiger partial charge < -0.3 is 0 Å². The summed E-state index contributed by atoms with van der Waals surface area (Å²) in [5.41, 5.74) is 2.59. The first-order valence-electron chi connectivity index (χ1n) is 8.75. The molecule has 1 aromatic carbocycles. The molecule has 2 aromatic rings. The van der Waals surface area contributed by atoms with Crippen molar-refractivity contribution in [1.29, 1.82) is 0 Å². The van der Waals surface area contributed by atoms with Crippen LogP contribution in [-0.4, -0.2) is 22.2 Å². The van der Waals surface area contributed by atoms with Gasteiger partial charge in [0.05, 0.1) is 11.2 Å². The molecule has 0 aliphatic heterocycles. The number of carbonyl (C=O) groups is 1. The quantitative estimate of drug-likeness (QED) is 0.869. The van der Waals surface area contributed by atoms with Crippen LogP contribution in [0.3, 0.4) is 0 Å². The summed E-state index contributed by atoms with van der Waals surface area (Å²) >= 11 is 0. The van der Waals surface area contributed by atoms with Gasteiger partial charge in [0.15, 0.2) is 5.78 Å². The molecule has 0 radical (unpaired) electrons. The summed E-state index contributed by atoms with van der Waals surface area (Å²) in [6.45, 7) is 2.10. The minimum absolute atomic E-state index is 0.0196. The number of halogens is 3. The molecule has 4 rings (SSSR count). The maximum absolute atomic E-state index is 13.5. The Bertz CT molecular complexity index is 892. The van der Waals surface area contributed by atoms with E-state index < -0.39 is 17.5 Å². The number of H-pyrrole nitrogens is 1. The number of hydrogen-bond acceptors (Lipinski definition) is 2. The van der Waals surface area contributed by atoms with Gasteiger partial charge in [-0.1, -0.05) is 19.4 Å². The first-order valence-corrected chi connectivity index (χ1v) is 8.75. The molecule has 0 amide bonds. The van der Waals surface area contributed by atoms with Gasteiger partial charge in [-0.2, -0.15) is 18.3 Å². The summed E-state index contributed by atoms with van der Waals surface area (Å²) in [6.07, 6.45) is -0.732. The minimum atomic E-state index is -4.59. The van der Waals surface area contributed by atoms with Crippen molar-refractivity contribution >= 4 is 22.3 Å². The summed E-state index contributed by atoms with van der Waals surface area (Å²) in [6, 6.07) is 3.51. The number of nitrogens with one attached hydrogen (secondary N) is 1. The van der Waals surface area contributed by atoms with Gasteiger partial charge in [-0.15, -0.1) is 0 Å². The van der Waals surface area contributed by atoms with Gasteiger partial charge in [-0.3, -0.25) is 9.89 Å². The van der Waals surface area contributed by atoms with E-state index >= 15 is 0 Å². The lowest BCUT2D eigenvalue weighted by atomic mass is 9.82. The number of hydrogen-bond donors (Lipinski definition) is 1. The van der Waals surface area contributed by atoms with Crippen LogP contribution in [0.2, 0.25) is 0 Å². The number of aromatic amines is 1. The fraction of sp³-hybridized carbons (Fsp3) is 0.474. The first kappa shape index (κ1) is 16.4. The predicted molar refractivity (Wildman–Crippen MR) is 89.1 cm³/mol. The van der Waals surface area contributed by atoms with Crippen molar-refractivity contribution in [3.8, 4) is 0 Å². The van der Waals surface area contributed by atoms with Crippen LogP contribution in [-0.2, 0) is 17.6 Å².